The third kappa shape index (κ3) is 4.04. The second kappa shape index (κ2) is 5.02. The van der Waals surface area contributed by atoms with Gasteiger partial charge in [-0.15, -0.1) is 0 Å². The Kier molecular flexibility index (Phi) is 4.93. The molecule has 0 amide bonds. The van der Waals surface area contributed by atoms with E-state index in [1.807, 2.05) is 36.7 Å². The zero-order valence-electron chi connectivity index (χ0n) is 4.85. The molecule has 0 radical (unpaired) electrons. The highest BCUT2D eigenvalue weighted by atomic mass is 127. The van der Waals surface area contributed by atoms with Gasteiger partial charge in [0.15, 0.2) is 0 Å². The predicted octanol–water partition coefficient (Wildman–Crippen LogP) is 1.35. The summed E-state index contributed by atoms with van der Waals surface area (Å²) in [6.07, 6.45) is 1.70. The third-order valence-electron chi connectivity index (χ3n) is 0.520. The maximum Gasteiger partial charge on any atom is 0.145 e. The van der Waals surface area contributed by atoms with Gasteiger partial charge in [0.2, 0.25) is 0 Å². The molecule has 0 heterocycles. The lowest BCUT2D eigenvalue weighted by molar-refractivity contribution is 1.15. The van der Waals surface area contributed by atoms with E-state index in [0.29, 0.717) is 0 Å². The molecule has 0 saturated carbocycles. The molecule has 4 heteroatoms. The fraction of sp³-hybridized carbons (Fsp3) is 0.500. The zero-order chi connectivity index (χ0) is 6.41. The van der Waals surface area contributed by atoms with Crippen LogP contribution in [-0.2, 0) is 0 Å². The van der Waals surface area contributed by atoms with Crippen molar-refractivity contribution in [2.45, 2.75) is 13.8 Å². The number of hydrazone groups is 1. The van der Waals surface area contributed by atoms with E-state index < -0.39 is 0 Å². The maximum atomic E-state index is 3.87. The molecule has 0 bridgehead atoms. The number of nitrogens with one attached hydrogen (secondary N) is 1. The van der Waals surface area contributed by atoms with E-state index in [4.69, 9.17) is 0 Å². The van der Waals surface area contributed by atoms with Crippen LogP contribution in [0.4, 0.5) is 0 Å². The molecule has 0 saturated heterocycles. The molecule has 0 fully saturated rings. The number of amidine groups is 1. The minimum Gasteiger partial charge on any atom is -0.248 e. The van der Waals surface area contributed by atoms with E-state index in [-0.39, 0.29) is 0 Å². The summed E-state index contributed by atoms with van der Waals surface area (Å²) in [7, 11) is 0. The van der Waals surface area contributed by atoms with Gasteiger partial charge in [-0.25, -0.2) is 8.63 Å². The van der Waals surface area contributed by atoms with E-state index in [0.717, 1.165) is 5.84 Å². The van der Waals surface area contributed by atoms with Crippen molar-refractivity contribution in [3.05, 3.63) is 0 Å². The first kappa shape index (κ1) is 7.87. The van der Waals surface area contributed by atoms with Crippen LogP contribution in [0.15, 0.2) is 10.1 Å². The van der Waals surface area contributed by atoms with E-state index in [1.165, 1.54) is 0 Å². The van der Waals surface area contributed by atoms with Crippen molar-refractivity contribution in [2.24, 2.45) is 10.1 Å². The van der Waals surface area contributed by atoms with Gasteiger partial charge in [0.1, 0.15) is 5.84 Å². The quantitative estimate of drug-likeness (QED) is 0.236. The molecule has 0 aliphatic heterocycles. The Bertz CT molecular complexity index is 108. The molecular formula is C4H8IN3. The van der Waals surface area contributed by atoms with Crippen LogP contribution in [0.25, 0.3) is 0 Å². The van der Waals surface area contributed by atoms with Crippen LogP contribution in [0.3, 0.4) is 0 Å². The van der Waals surface area contributed by atoms with Crippen molar-refractivity contribution in [3.63, 3.8) is 0 Å². The highest BCUT2D eigenvalue weighted by molar-refractivity contribution is 14.1. The topological polar surface area (TPSA) is 36.8 Å². The Labute approximate surface area is 62.8 Å². The Morgan fingerprint density at radius 1 is 1.75 bits per heavy atom. The van der Waals surface area contributed by atoms with Crippen LogP contribution in [-0.4, -0.2) is 12.1 Å². The van der Waals surface area contributed by atoms with Crippen molar-refractivity contribution in [3.8, 4) is 0 Å². The lowest BCUT2D eigenvalue weighted by Gasteiger charge is -1.85. The molecule has 0 aromatic heterocycles. The number of nitrogens with zero attached hydrogens (tertiary/aromatic N) is 2. The lowest BCUT2D eigenvalue weighted by atomic mass is 10.7. The molecule has 46 valence electrons. The number of aliphatic imine (C=N–C) groups is 1. The van der Waals surface area contributed by atoms with Gasteiger partial charge in [0.25, 0.3) is 0 Å². The number of halogens is 1. The summed E-state index contributed by atoms with van der Waals surface area (Å²) in [6, 6.07) is 0. The van der Waals surface area contributed by atoms with Crippen LogP contribution in [0.5, 0.6) is 0 Å². The van der Waals surface area contributed by atoms with Crippen molar-refractivity contribution >= 4 is 34.9 Å². The fourth-order valence-corrected chi connectivity index (χ4v) is 0.626. The van der Waals surface area contributed by atoms with Crippen LogP contribution >= 0.6 is 22.9 Å². The van der Waals surface area contributed by atoms with Crippen molar-refractivity contribution in [1.29, 1.82) is 0 Å². The van der Waals surface area contributed by atoms with Crippen molar-refractivity contribution in [1.82, 2.24) is 3.64 Å². The normalized spacial score (nSPS) is 12.6. The second-order valence-electron chi connectivity index (χ2n) is 1.13. The zero-order valence-corrected chi connectivity index (χ0v) is 7.01. The van der Waals surface area contributed by atoms with Gasteiger partial charge in [-0.05, 0) is 13.8 Å². The van der Waals surface area contributed by atoms with Crippen LogP contribution in [0.2, 0.25) is 0 Å². The maximum absolute atomic E-state index is 3.87. The summed E-state index contributed by atoms with van der Waals surface area (Å²) in [4.78, 5) is 3.87. The molecule has 0 aliphatic carbocycles. The van der Waals surface area contributed by atoms with E-state index in [9.17, 15) is 0 Å². The average molecular weight is 225 g/mol. The number of hydrogen-bond donors (Lipinski definition) is 1. The first-order valence-electron chi connectivity index (χ1n) is 2.20. The molecular weight excluding hydrogens is 217 g/mol. The molecule has 0 spiro atoms. The Balaban J connectivity index is 3.61. The van der Waals surface area contributed by atoms with Gasteiger partial charge in [-0.1, -0.05) is 0 Å². The van der Waals surface area contributed by atoms with E-state index >= 15 is 0 Å². The van der Waals surface area contributed by atoms with E-state index in [2.05, 4.69) is 13.7 Å². The Hall–Kier alpha value is -0.130. The summed E-state index contributed by atoms with van der Waals surface area (Å²) in [5, 5.41) is 3.77. The van der Waals surface area contributed by atoms with Gasteiger partial charge in [0.05, 0.1) is 22.9 Å². The molecule has 0 unspecified atom stereocenters. The van der Waals surface area contributed by atoms with E-state index in [1.54, 1.807) is 6.21 Å². The number of hydrogen-bond acceptors (Lipinski definition) is 2. The van der Waals surface area contributed by atoms with Crippen LogP contribution in [0.1, 0.15) is 13.8 Å². The third-order valence-corrected chi connectivity index (χ3v) is 0.761. The van der Waals surface area contributed by atoms with Gasteiger partial charge in [-0.2, -0.15) is 5.10 Å². The average Bonchev–Trinajstić information content (AvgIpc) is 1.68. The summed E-state index contributed by atoms with van der Waals surface area (Å²) < 4.78 is 2.60. The Morgan fingerprint density at radius 2 is 2.38 bits per heavy atom. The molecule has 3 nitrogen and oxygen atoms in total. The van der Waals surface area contributed by atoms with Crippen molar-refractivity contribution in [2.75, 3.05) is 0 Å². The van der Waals surface area contributed by atoms with Gasteiger partial charge < -0.3 is 0 Å². The number of rotatable bonds is 1. The minimum atomic E-state index is 0.738. The van der Waals surface area contributed by atoms with Gasteiger partial charge in [0, 0.05) is 6.21 Å². The minimum absolute atomic E-state index is 0.738. The molecule has 8 heavy (non-hydrogen) atoms. The summed E-state index contributed by atoms with van der Waals surface area (Å²) in [5.74, 6) is 0.738. The first-order valence-corrected chi connectivity index (χ1v) is 3.27. The second-order valence-corrected chi connectivity index (χ2v) is 1.61. The summed E-state index contributed by atoms with van der Waals surface area (Å²) in [5.41, 5.74) is 0. The monoisotopic (exact) mass is 225 g/mol. The lowest BCUT2D eigenvalue weighted by Crippen LogP contribution is -1.91. The summed E-state index contributed by atoms with van der Waals surface area (Å²) >= 11 is 1.93. The molecule has 0 rings (SSSR count). The van der Waals surface area contributed by atoms with Gasteiger partial charge in [-0.3, -0.25) is 0 Å². The van der Waals surface area contributed by atoms with Crippen LogP contribution in [0, 0.1) is 0 Å². The molecule has 0 atom stereocenters. The van der Waals surface area contributed by atoms with Gasteiger partial charge >= 0.3 is 0 Å². The highest BCUT2D eigenvalue weighted by Crippen LogP contribution is 1.77. The standard InChI is InChI=1S/C4H8IN3/c1-3-6-4(2)7-8-5/h3,8H,1-2H3/b6-3?,7-4-. The smallest absolute Gasteiger partial charge is 0.145 e. The van der Waals surface area contributed by atoms with Crippen molar-refractivity contribution < 1.29 is 0 Å². The van der Waals surface area contributed by atoms with Crippen LogP contribution < -0.4 is 3.64 Å². The Morgan fingerprint density at radius 3 is 2.75 bits per heavy atom. The highest BCUT2D eigenvalue weighted by Gasteiger charge is 1.76. The molecule has 0 aliphatic rings. The SMILES string of the molecule is CC=N/C(C)=N\NI. The molecule has 0 aromatic rings. The predicted molar refractivity (Wildman–Crippen MR) is 44.4 cm³/mol. The molecule has 1 N–H and O–H groups in total. The first-order chi connectivity index (χ1) is 3.81. The fourth-order valence-electron chi connectivity index (χ4n) is 0.277. The largest absolute Gasteiger partial charge is 0.248 e. The summed E-state index contributed by atoms with van der Waals surface area (Å²) in [6.45, 7) is 3.68. The molecule has 0 aromatic carbocycles.